The zero-order chi connectivity index (χ0) is 30.3. The summed E-state index contributed by atoms with van der Waals surface area (Å²) in [5.41, 5.74) is 7.42. The number of carbonyl (C=O) groups is 3. The third-order valence-electron chi connectivity index (χ3n) is 6.27. The zero-order valence-corrected chi connectivity index (χ0v) is 24.8. The number of nitrogens with two attached hydrogens (primary N) is 1. The van der Waals surface area contributed by atoms with Crippen molar-refractivity contribution in [3.63, 3.8) is 0 Å². The molecule has 40 heavy (non-hydrogen) atoms. The number of ketones is 1. The number of halogens is 4. The second kappa shape index (κ2) is 14.2. The molecule has 4 N–H and O–H groups in total. The van der Waals surface area contributed by atoms with E-state index in [4.69, 9.17) is 28.9 Å². The molecule has 0 saturated carbocycles. The predicted molar refractivity (Wildman–Crippen MR) is 156 cm³/mol. The molecule has 0 radical (unpaired) electrons. The highest BCUT2D eigenvalue weighted by Gasteiger charge is 2.53. The molecule has 2 aromatic rings. The van der Waals surface area contributed by atoms with Crippen molar-refractivity contribution in [3.05, 3.63) is 75.8 Å². The van der Waals surface area contributed by atoms with Gasteiger partial charge in [0.05, 0.1) is 10.0 Å². The molecule has 2 aromatic carbocycles. The Morgan fingerprint density at radius 3 is 2.17 bits per heavy atom. The van der Waals surface area contributed by atoms with E-state index in [1.54, 1.807) is 77.1 Å². The molecule has 0 aliphatic heterocycles. The molecule has 2 rings (SSSR count). The summed E-state index contributed by atoms with van der Waals surface area (Å²) >= 11 is 12.0. The molecule has 0 fully saturated rings. The molecule has 10 heteroatoms. The number of Topliss-reactive ketones (excluding diaryl/α,β-unsaturated/α-hetero) is 1. The summed E-state index contributed by atoms with van der Waals surface area (Å²) in [6, 6.07) is 11.7. The van der Waals surface area contributed by atoms with Crippen LogP contribution in [-0.2, 0) is 20.8 Å². The van der Waals surface area contributed by atoms with Crippen LogP contribution in [0.4, 0.5) is 8.78 Å². The Morgan fingerprint density at radius 2 is 1.62 bits per heavy atom. The maximum absolute atomic E-state index is 15.1. The van der Waals surface area contributed by atoms with Crippen LogP contribution in [0.2, 0.25) is 10.0 Å². The predicted octanol–water partition coefficient (Wildman–Crippen LogP) is 5.70. The summed E-state index contributed by atoms with van der Waals surface area (Å²) in [7, 11) is 0. The number of hydrogen-bond donors (Lipinski definition) is 3. The SMILES string of the molecule is CC(C)[C@H](C(=O)C(F)(F)C(=O)NCC(C)(C)C)C(N)[C@H](Cc1ccccc1)NC(=O)/C=C/c1ccc(Cl)c(Cl)c1. The van der Waals surface area contributed by atoms with Crippen LogP contribution in [0.5, 0.6) is 0 Å². The van der Waals surface area contributed by atoms with Crippen molar-refractivity contribution in [2.45, 2.75) is 59.0 Å². The molecule has 0 bridgehead atoms. The molecule has 218 valence electrons. The molecular formula is C30H37Cl2F2N3O3. The van der Waals surface area contributed by atoms with Gasteiger partial charge in [0.1, 0.15) is 0 Å². The zero-order valence-electron chi connectivity index (χ0n) is 23.3. The van der Waals surface area contributed by atoms with E-state index in [2.05, 4.69) is 10.6 Å². The highest BCUT2D eigenvalue weighted by molar-refractivity contribution is 6.42. The smallest absolute Gasteiger partial charge is 0.350 e. The maximum atomic E-state index is 15.1. The molecule has 0 aliphatic carbocycles. The van der Waals surface area contributed by atoms with E-state index in [1.165, 1.54) is 12.2 Å². The Bertz CT molecular complexity index is 1210. The Labute approximate surface area is 244 Å². The van der Waals surface area contributed by atoms with Crippen molar-refractivity contribution < 1.29 is 23.2 Å². The van der Waals surface area contributed by atoms with Crippen LogP contribution >= 0.6 is 23.2 Å². The molecule has 2 amide bonds. The van der Waals surface area contributed by atoms with Crippen molar-refractivity contribution in [2.24, 2.45) is 23.0 Å². The summed E-state index contributed by atoms with van der Waals surface area (Å²) in [6.07, 6.45) is 2.94. The van der Waals surface area contributed by atoms with Gasteiger partial charge in [0.2, 0.25) is 11.7 Å². The third-order valence-corrected chi connectivity index (χ3v) is 7.01. The molecule has 0 heterocycles. The topological polar surface area (TPSA) is 101 Å². The quantitative estimate of drug-likeness (QED) is 0.216. The van der Waals surface area contributed by atoms with E-state index in [9.17, 15) is 14.4 Å². The number of hydrogen-bond acceptors (Lipinski definition) is 4. The first kappa shape index (κ1) is 33.4. The van der Waals surface area contributed by atoms with Crippen molar-refractivity contribution in [1.29, 1.82) is 0 Å². The number of benzene rings is 2. The molecule has 3 atom stereocenters. The van der Waals surface area contributed by atoms with Gasteiger partial charge in [-0.3, -0.25) is 14.4 Å². The third kappa shape index (κ3) is 9.68. The normalized spacial score (nSPS) is 14.6. The van der Waals surface area contributed by atoms with Gasteiger partial charge in [-0.2, -0.15) is 8.78 Å². The molecule has 0 aliphatic rings. The second-order valence-electron chi connectivity index (χ2n) is 11.3. The lowest BCUT2D eigenvalue weighted by Crippen LogP contribution is -2.59. The average molecular weight is 597 g/mol. The first-order valence-corrected chi connectivity index (χ1v) is 13.7. The number of alkyl halides is 2. The number of amides is 2. The van der Waals surface area contributed by atoms with Gasteiger partial charge in [-0.15, -0.1) is 0 Å². The van der Waals surface area contributed by atoms with Gasteiger partial charge < -0.3 is 16.4 Å². The minimum absolute atomic E-state index is 0.0367. The van der Waals surface area contributed by atoms with Gasteiger partial charge in [-0.25, -0.2) is 0 Å². The molecular weight excluding hydrogens is 559 g/mol. The summed E-state index contributed by atoms with van der Waals surface area (Å²) in [5, 5.41) is 5.62. The number of nitrogens with one attached hydrogen (secondary N) is 2. The summed E-state index contributed by atoms with van der Waals surface area (Å²) < 4.78 is 30.3. The molecule has 6 nitrogen and oxygen atoms in total. The number of rotatable bonds is 12. The van der Waals surface area contributed by atoms with Crippen LogP contribution in [0.25, 0.3) is 6.08 Å². The molecule has 0 spiro atoms. The molecule has 1 unspecified atom stereocenters. The maximum Gasteiger partial charge on any atom is 0.381 e. The van der Waals surface area contributed by atoms with Crippen molar-refractivity contribution in [2.75, 3.05) is 6.54 Å². The van der Waals surface area contributed by atoms with E-state index >= 15 is 8.78 Å². The Kier molecular flexibility index (Phi) is 11.9. The van der Waals surface area contributed by atoms with Crippen molar-refractivity contribution in [3.8, 4) is 0 Å². The Balaban J connectivity index is 2.33. The minimum atomic E-state index is -4.30. The van der Waals surface area contributed by atoms with E-state index in [0.717, 1.165) is 5.56 Å². The van der Waals surface area contributed by atoms with Crippen molar-refractivity contribution >= 4 is 46.9 Å². The molecule has 0 saturated heterocycles. The van der Waals surface area contributed by atoms with Gasteiger partial charge in [0, 0.05) is 30.6 Å². The van der Waals surface area contributed by atoms with Crippen molar-refractivity contribution in [1.82, 2.24) is 10.6 Å². The summed E-state index contributed by atoms with van der Waals surface area (Å²) in [6.45, 7) is 8.44. The van der Waals surface area contributed by atoms with E-state index in [-0.39, 0.29) is 13.0 Å². The monoisotopic (exact) mass is 595 g/mol. The fourth-order valence-corrected chi connectivity index (χ4v) is 4.43. The largest absolute Gasteiger partial charge is 0.381 e. The minimum Gasteiger partial charge on any atom is -0.350 e. The first-order chi connectivity index (χ1) is 18.5. The van der Waals surface area contributed by atoms with Gasteiger partial charge in [-0.1, -0.05) is 94.2 Å². The second-order valence-corrected chi connectivity index (χ2v) is 12.2. The van der Waals surface area contributed by atoms with Crippen LogP contribution in [0.1, 0.15) is 45.7 Å². The van der Waals surface area contributed by atoms with Gasteiger partial charge in [0.15, 0.2) is 0 Å². The highest BCUT2D eigenvalue weighted by Crippen LogP contribution is 2.29. The molecule has 0 aromatic heterocycles. The highest BCUT2D eigenvalue weighted by atomic mass is 35.5. The standard InChI is InChI=1S/C30H37Cl2F2N3O3/c1-18(2)25(27(39)30(33,34)28(40)36-17-29(3,4)5)26(35)23(16-19-9-7-6-8-10-19)37-24(38)14-12-20-11-13-21(31)22(32)15-20/h6-15,18,23,25-26H,16-17,35H2,1-5H3,(H,36,40)(H,37,38)/b14-12+/t23-,25-,26?/m0/s1. The van der Waals surface area contributed by atoms with Crippen LogP contribution < -0.4 is 16.4 Å². The van der Waals surface area contributed by atoms with Gasteiger partial charge >= 0.3 is 5.92 Å². The van der Waals surface area contributed by atoms with E-state index < -0.39 is 52.9 Å². The lowest BCUT2D eigenvalue weighted by Gasteiger charge is -2.34. The van der Waals surface area contributed by atoms with E-state index in [0.29, 0.717) is 15.6 Å². The summed E-state index contributed by atoms with van der Waals surface area (Å²) in [5.74, 6) is -10.2. The van der Waals surface area contributed by atoms with Gasteiger partial charge in [-0.05, 0) is 47.1 Å². The lowest BCUT2D eigenvalue weighted by molar-refractivity contribution is -0.163. The average Bonchev–Trinajstić information content (AvgIpc) is 2.87. The van der Waals surface area contributed by atoms with Crippen LogP contribution in [-0.4, -0.2) is 42.1 Å². The van der Waals surface area contributed by atoms with Crippen LogP contribution in [0.3, 0.4) is 0 Å². The Hall–Kier alpha value is -2.81. The van der Waals surface area contributed by atoms with Crippen LogP contribution in [0, 0.1) is 17.3 Å². The van der Waals surface area contributed by atoms with Gasteiger partial charge in [0.25, 0.3) is 5.91 Å². The summed E-state index contributed by atoms with van der Waals surface area (Å²) in [4.78, 5) is 38.5. The lowest BCUT2D eigenvalue weighted by atomic mass is 9.78. The van der Waals surface area contributed by atoms with Crippen LogP contribution in [0.15, 0.2) is 54.6 Å². The first-order valence-electron chi connectivity index (χ1n) is 13.0. The number of carbonyl (C=O) groups excluding carboxylic acids is 3. The van der Waals surface area contributed by atoms with E-state index in [1.807, 2.05) is 6.07 Å². The fourth-order valence-electron chi connectivity index (χ4n) is 4.12. The Morgan fingerprint density at radius 1 is 1.00 bits per heavy atom. The fraction of sp³-hybridized carbons (Fsp3) is 0.433.